The molecule has 1 saturated carbocycles. The van der Waals surface area contributed by atoms with Crippen molar-refractivity contribution in [1.29, 1.82) is 0 Å². The molecule has 0 aromatic heterocycles. The first-order valence-electron chi connectivity index (χ1n) is 8.54. The molecule has 1 nitrogen and oxygen atoms in total. The molecule has 2 heterocycles. The Kier molecular flexibility index (Phi) is 3.18. The van der Waals surface area contributed by atoms with Gasteiger partial charge in [-0.15, -0.1) is 0 Å². The summed E-state index contributed by atoms with van der Waals surface area (Å²) >= 11 is 0. The largest absolute Gasteiger partial charge is 0.302 e. The summed E-state index contributed by atoms with van der Waals surface area (Å²) in [5.41, 5.74) is 6.57. The van der Waals surface area contributed by atoms with E-state index in [-0.39, 0.29) is 0 Å². The van der Waals surface area contributed by atoms with Crippen molar-refractivity contribution in [2.24, 2.45) is 11.8 Å². The van der Waals surface area contributed by atoms with E-state index in [0.717, 1.165) is 18.5 Å². The SMILES string of the molecule is CB1CCc2ccc(CC3CN(CC4CC4)C3)c(C)c21. The Balaban J connectivity index is 1.41. The smallest absolute Gasteiger partial charge is 0.173 e. The van der Waals surface area contributed by atoms with Crippen LogP contribution in [0.1, 0.15) is 29.5 Å². The average molecular weight is 267 g/mol. The third-order valence-electron chi connectivity index (χ3n) is 5.81. The van der Waals surface area contributed by atoms with Crippen LogP contribution in [0.5, 0.6) is 0 Å². The fourth-order valence-corrected chi connectivity index (χ4v) is 4.40. The van der Waals surface area contributed by atoms with Crippen molar-refractivity contribution in [3.05, 3.63) is 28.8 Å². The van der Waals surface area contributed by atoms with Crippen LogP contribution in [0, 0.1) is 18.8 Å². The molecule has 2 fully saturated rings. The van der Waals surface area contributed by atoms with Gasteiger partial charge in [0.2, 0.25) is 0 Å². The molecule has 20 heavy (non-hydrogen) atoms. The monoisotopic (exact) mass is 267 g/mol. The van der Waals surface area contributed by atoms with Crippen LogP contribution in [-0.4, -0.2) is 31.2 Å². The summed E-state index contributed by atoms with van der Waals surface area (Å²) in [4.78, 5) is 2.67. The van der Waals surface area contributed by atoms with E-state index in [1.165, 1.54) is 51.6 Å². The molecule has 106 valence electrons. The van der Waals surface area contributed by atoms with Crippen LogP contribution in [-0.2, 0) is 12.8 Å². The van der Waals surface area contributed by atoms with E-state index in [1.54, 1.807) is 22.2 Å². The number of fused-ring (bicyclic) bond motifs is 1. The molecule has 1 saturated heterocycles. The second kappa shape index (κ2) is 4.91. The highest BCUT2D eigenvalue weighted by atomic mass is 15.2. The van der Waals surface area contributed by atoms with Crippen molar-refractivity contribution >= 4 is 12.2 Å². The minimum Gasteiger partial charge on any atom is -0.302 e. The summed E-state index contributed by atoms with van der Waals surface area (Å²) < 4.78 is 0. The predicted octanol–water partition coefficient (Wildman–Crippen LogP) is 2.77. The molecular weight excluding hydrogens is 241 g/mol. The van der Waals surface area contributed by atoms with E-state index in [2.05, 4.69) is 30.8 Å². The maximum Gasteiger partial charge on any atom is 0.173 e. The van der Waals surface area contributed by atoms with Gasteiger partial charge in [0, 0.05) is 19.6 Å². The third kappa shape index (κ3) is 2.32. The lowest BCUT2D eigenvalue weighted by Crippen LogP contribution is -2.48. The molecule has 1 aromatic carbocycles. The first-order valence-corrected chi connectivity index (χ1v) is 8.54. The van der Waals surface area contributed by atoms with Gasteiger partial charge < -0.3 is 4.90 Å². The fourth-order valence-electron chi connectivity index (χ4n) is 4.40. The first-order chi connectivity index (χ1) is 9.70. The molecule has 0 amide bonds. The lowest BCUT2D eigenvalue weighted by atomic mass is 9.47. The lowest BCUT2D eigenvalue weighted by molar-refractivity contribution is 0.0952. The topological polar surface area (TPSA) is 3.24 Å². The van der Waals surface area contributed by atoms with Crippen molar-refractivity contribution in [3.63, 3.8) is 0 Å². The Morgan fingerprint density at radius 2 is 2.00 bits per heavy atom. The Morgan fingerprint density at radius 3 is 2.75 bits per heavy atom. The molecular formula is C18H26BN. The van der Waals surface area contributed by atoms with Crippen LogP contribution in [0.3, 0.4) is 0 Å². The van der Waals surface area contributed by atoms with E-state index in [1.807, 2.05) is 0 Å². The molecule has 0 atom stereocenters. The number of hydrogen-bond acceptors (Lipinski definition) is 1. The van der Waals surface area contributed by atoms with E-state index < -0.39 is 0 Å². The Bertz CT molecular complexity index is 514. The Hall–Kier alpha value is -0.755. The predicted molar refractivity (Wildman–Crippen MR) is 87.3 cm³/mol. The first kappa shape index (κ1) is 12.9. The van der Waals surface area contributed by atoms with Crippen LogP contribution in [0.4, 0.5) is 0 Å². The Morgan fingerprint density at radius 1 is 1.20 bits per heavy atom. The highest BCUT2D eigenvalue weighted by Crippen LogP contribution is 2.33. The minimum atomic E-state index is 0.790. The molecule has 0 N–H and O–H groups in total. The molecule has 0 radical (unpaired) electrons. The molecule has 0 spiro atoms. The summed E-state index contributed by atoms with van der Waals surface area (Å²) in [6.07, 6.45) is 6.95. The number of benzene rings is 1. The summed E-state index contributed by atoms with van der Waals surface area (Å²) in [6, 6.07) is 4.84. The summed E-state index contributed by atoms with van der Waals surface area (Å²) in [5.74, 6) is 1.97. The van der Waals surface area contributed by atoms with Gasteiger partial charge in [0.1, 0.15) is 0 Å². The third-order valence-corrected chi connectivity index (χ3v) is 5.81. The van der Waals surface area contributed by atoms with Gasteiger partial charge in [0.15, 0.2) is 6.71 Å². The minimum absolute atomic E-state index is 0.790. The normalized spacial score (nSPS) is 23.0. The van der Waals surface area contributed by atoms with Crippen molar-refractivity contribution in [2.75, 3.05) is 19.6 Å². The fraction of sp³-hybridized carbons (Fsp3) is 0.667. The molecule has 1 aromatic rings. The van der Waals surface area contributed by atoms with Crippen LogP contribution >= 0.6 is 0 Å². The van der Waals surface area contributed by atoms with E-state index >= 15 is 0 Å². The van der Waals surface area contributed by atoms with Crippen molar-refractivity contribution in [1.82, 2.24) is 4.90 Å². The highest BCUT2D eigenvalue weighted by Gasteiger charge is 2.33. The molecule has 0 unspecified atom stereocenters. The number of rotatable bonds is 4. The number of aryl methyl sites for hydroxylation is 1. The van der Waals surface area contributed by atoms with Gasteiger partial charge in [-0.2, -0.15) is 0 Å². The van der Waals surface area contributed by atoms with E-state index in [9.17, 15) is 0 Å². The average Bonchev–Trinajstić information content (AvgIpc) is 3.12. The van der Waals surface area contributed by atoms with Crippen LogP contribution in [0.15, 0.2) is 12.1 Å². The molecule has 4 rings (SSSR count). The van der Waals surface area contributed by atoms with Crippen LogP contribution < -0.4 is 5.46 Å². The highest BCUT2D eigenvalue weighted by molar-refractivity contribution is 6.74. The van der Waals surface area contributed by atoms with Gasteiger partial charge in [-0.3, -0.25) is 0 Å². The second-order valence-electron chi connectivity index (χ2n) is 7.59. The molecule has 3 aliphatic rings. The van der Waals surface area contributed by atoms with Gasteiger partial charge in [0.25, 0.3) is 0 Å². The maximum absolute atomic E-state index is 2.67. The van der Waals surface area contributed by atoms with E-state index in [4.69, 9.17) is 0 Å². The molecule has 2 heteroatoms. The van der Waals surface area contributed by atoms with Crippen LogP contribution in [0.2, 0.25) is 13.1 Å². The summed E-state index contributed by atoms with van der Waals surface area (Å²) in [6.45, 7) is 9.65. The lowest BCUT2D eigenvalue weighted by Gasteiger charge is -2.40. The zero-order chi connectivity index (χ0) is 13.7. The van der Waals surface area contributed by atoms with E-state index in [0.29, 0.717) is 0 Å². The van der Waals surface area contributed by atoms with Crippen molar-refractivity contribution in [3.8, 4) is 0 Å². The number of nitrogens with zero attached hydrogens (tertiary/aromatic N) is 1. The second-order valence-corrected chi connectivity index (χ2v) is 7.59. The van der Waals surface area contributed by atoms with Gasteiger partial charge >= 0.3 is 0 Å². The zero-order valence-electron chi connectivity index (χ0n) is 13.0. The molecule has 2 aliphatic heterocycles. The molecule has 1 aliphatic carbocycles. The zero-order valence-corrected chi connectivity index (χ0v) is 13.0. The van der Waals surface area contributed by atoms with Gasteiger partial charge in [-0.05, 0) is 50.0 Å². The van der Waals surface area contributed by atoms with Gasteiger partial charge in [-0.1, -0.05) is 41.9 Å². The van der Waals surface area contributed by atoms with Gasteiger partial charge in [-0.25, -0.2) is 0 Å². The quantitative estimate of drug-likeness (QED) is 0.758. The standard InChI is InChI=1S/C18H26BN/c1-13-17(6-5-16-7-8-19(2)18(13)16)9-15-11-20(12-15)10-14-3-4-14/h5-6,14-15H,3-4,7-12H2,1-2H3. The van der Waals surface area contributed by atoms with Gasteiger partial charge in [0.05, 0.1) is 0 Å². The molecule has 0 bridgehead atoms. The Labute approximate surface area is 123 Å². The van der Waals surface area contributed by atoms with Crippen LogP contribution in [0.25, 0.3) is 0 Å². The van der Waals surface area contributed by atoms with Crippen molar-refractivity contribution < 1.29 is 0 Å². The number of likely N-dealkylation sites (tertiary alicyclic amines) is 1. The summed E-state index contributed by atoms with van der Waals surface area (Å²) in [7, 11) is 0. The summed E-state index contributed by atoms with van der Waals surface area (Å²) in [5, 5.41) is 0. The van der Waals surface area contributed by atoms with Crippen molar-refractivity contribution in [2.45, 2.75) is 45.8 Å². The number of hydrogen-bond donors (Lipinski definition) is 0. The maximum atomic E-state index is 2.67.